The molecule has 1 amide bonds. The fourth-order valence-electron chi connectivity index (χ4n) is 3.62. The Hall–Kier alpha value is -3.30. The van der Waals surface area contributed by atoms with E-state index in [1.807, 2.05) is 6.92 Å². The highest BCUT2D eigenvalue weighted by molar-refractivity contribution is 5.98. The van der Waals surface area contributed by atoms with E-state index in [0.717, 1.165) is 21.5 Å². The Morgan fingerprint density at radius 1 is 1.23 bits per heavy atom. The van der Waals surface area contributed by atoms with Crippen molar-refractivity contribution in [3.8, 4) is 0 Å². The number of anilines is 1. The largest absolute Gasteiger partial charge is 0.410 e. The number of aryl methyl sites for hydroxylation is 1. The summed E-state index contributed by atoms with van der Waals surface area (Å²) in [7, 11) is 1.79. The monoisotopic (exact) mass is 418 g/mol. The molecule has 1 aliphatic heterocycles. The Balaban J connectivity index is 1.62. The molecule has 158 valence electrons. The smallest absolute Gasteiger partial charge is 0.363 e. The molecular weight excluding hydrogens is 397 g/mol. The van der Waals surface area contributed by atoms with Gasteiger partial charge in [-0.05, 0) is 12.5 Å². The average Bonchev–Trinajstić information content (AvgIpc) is 3.29. The molecule has 1 aromatic carbocycles. The number of amides is 1. The first-order valence-electron chi connectivity index (χ1n) is 9.47. The Bertz CT molecular complexity index is 1060. The fraction of sp³-hybridized carbons (Fsp3) is 0.350. The molecule has 0 radical (unpaired) electrons. The number of aromatic nitrogens is 4. The third kappa shape index (κ3) is 3.64. The van der Waals surface area contributed by atoms with Crippen LogP contribution in [0.1, 0.15) is 45.7 Å². The normalized spacial score (nSPS) is 18.6. The molecule has 0 saturated heterocycles. The standard InChI is InChI=1S/C20H21F3N6O/c1-12-14(10-25-28(12)2)9-24-19(30)15-11-26-29-17(20(21,22)23)8-16(27-18(15)29)13-6-4-3-5-7-13/h3-7,10-11,16-17,27H,8-9H2,1-2H3,(H,24,30)/t16-,17-/m0/s1. The Morgan fingerprint density at radius 2 is 1.97 bits per heavy atom. The summed E-state index contributed by atoms with van der Waals surface area (Å²) >= 11 is 0. The van der Waals surface area contributed by atoms with Crippen LogP contribution in [0.5, 0.6) is 0 Å². The number of alkyl halides is 3. The van der Waals surface area contributed by atoms with Crippen LogP contribution in [0.15, 0.2) is 42.7 Å². The van der Waals surface area contributed by atoms with Gasteiger partial charge in [0.2, 0.25) is 0 Å². The van der Waals surface area contributed by atoms with Gasteiger partial charge < -0.3 is 10.6 Å². The highest BCUT2D eigenvalue weighted by Gasteiger charge is 2.47. The predicted octanol–water partition coefficient (Wildman–Crippen LogP) is 3.52. The summed E-state index contributed by atoms with van der Waals surface area (Å²) in [6.45, 7) is 2.09. The van der Waals surface area contributed by atoms with Gasteiger partial charge >= 0.3 is 6.18 Å². The maximum absolute atomic E-state index is 13.7. The van der Waals surface area contributed by atoms with Crippen LogP contribution in [0.25, 0.3) is 0 Å². The first kappa shape index (κ1) is 20.0. The molecule has 2 aromatic heterocycles. The lowest BCUT2D eigenvalue weighted by molar-refractivity contribution is -0.173. The molecule has 7 nitrogen and oxygen atoms in total. The van der Waals surface area contributed by atoms with Crippen LogP contribution >= 0.6 is 0 Å². The van der Waals surface area contributed by atoms with Crippen LogP contribution in [0.2, 0.25) is 0 Å². The van der Waals surface area contributed by atoms with Gasteiger partial charge in [0.25, 0.3) is 5.91 Å². The molecular formula is C20H21F3N6O. The number of nitrogens with zero attached hydrogens (tertiary/aromatic N) is 4. The Morgan fingerprint density at radius 3 is 2.60 bits per heavy atom. The van der Waals surface area contributed by atoms with Gasteiger partial charge in [-0.1, -0.05) is 30.3 Å². The number of nitrogens with one attached hydrogen (secondary N) is 2. The quantitative estimate of drug-likeness (QED) is 0.680. The number of hydrogen-bond donors (Lipinski definition) is 2. The van der Waals surface area contributed by atoms with Crippen molar-refractivity contribution in [2.75, 3.05) is 5.32 Å². The molecule has 0 aliphatic carbocycles. The minimum absolute atomic E-state index is 0.0674. The van der Waals surface area contributed by atoms with Crippen molar-refractivity contribution in [1.82, 2.24) is 24.9 Å². The number of fused-ring (bicyclic) bond motifs is 1. The minimum atomic E-state index is -4.49. The molecule has 0 bridgehead atoms. The minimum Gasteiger partial charge on any atom is -0.363 e. The second-order valence-corrected chi connectivity index (χ2v) is 7.31. The van der Waals surface area contributed by atoms with E-state index in [9.17, 15) is 18.0 Å². The highest BCUT2D eigenvalue weighted by Crippen LogP contribution is 2.44. The first-order chi connectivity index (χ1) is 14.3. The van der Waals surface area contributed by atoms with Crippen molar-refractivity contribution >= 4 is 11.7 Å². The van der Waals surface area contributed by atoms with Gasteiger partial charge in [-0.15, -0.1) is 0 Å². The van der Waals surface area contributed by atoms with Crippen LogP contribution in [0, 0.1) is 6.92 Å². The van der Waals surface area contributed by atoms with Gasteiger partial charge in [0.1, 0.15) is 11.4 Å². The molecule has 0 fully saturated rings. The number of carbonyl (C=O) groups is 1. The van der Waals surface area contributed by atoms with Crippen LogP contribution in [-0.2, 0) is 13.6 Å². The lowest BCUT2D eigenvalue weighted by atomic mass is 9.96. The van der Waals surface area contributed by atoms with E-state index < -0.39 is 24.2 Å². The molecule has 0 saturated carbocycles. The summed E-state index contributed by atoms with van der Waals surface area (Å²) in [5.74, 6) is -0.431. The molecule has 0 unspecified atom stereocenters. The zero-order valence-corrected chi connectivity index (χ0v) is 16.4. The molecule has 4 rings (SSSR count). The van der Waals surface area contributed by atoms with Crippen molar-refractivity contribution in [3.05, 3.63) is 65.1 Å². The Labute approximate surface area is 170 Å². The van der Waals surface area contributed by atoms with Gasteiger partial charge in [-0.25, -0.2) is 4.68 Å². The Kier molecular flexibility index (Phi) is 5.00. The number of hydrogen-bond acceptors (Lipinski definition) is 4. The van der Waals surface area contributed by atoms with Gasteiger partial charge in [0, 0.05) is 31.3 Å². The van der Waals surface area contributed by atoms with E-state index in [4.69, 9.17) is 0 Å². The summed E-state index contributed by atoms with van der Waals surface area (Å²) in [6, 6.07) is 6.47. The number of rotatable bonds is 4. The molecule has 30 heavy (non-hydrogen) atoms. The molecule has 2 N–H and O–H groups in total. The van der Waals surface area contributed by atoms with Crippen LogP contribution < -0.4 is 10.6 Å². The zero-order valence-electron chi connectivity index (χ0n) is 16.4. The number of carbonyl (C=O) groups excluding carboxylic acids is 1. The van der Waals surface area contributed by atoms with Crippen LogP contribution in [-0.4, -0.2) is 31.6 Å². The maximum Gasteiger partial charge on any atom is 0.410 e. The third-order valence-electron chi connectivity index (χ3n) is 5.46. The lowest BCUT2D eigenvalue weighted by Gasteiger charge is -2.34. The second-order valence-electron chi connectivity index (χ2n) is 7.31. The van der Waals surface area contributed by atoms with Gasteiger partial charge in [-0.3, -0.25) is 9.48 Å². The molecule has 2 atom stereocenters. The summed E-state index contributed by atoms with van der Waals surface area (Å²) < 4.78 is 43.8. The summed E-state index contributed by atoms with van der Waals surface area (Å²) in [4.78, 5) is 12.8. The van der Waals surface area contributed by atoms with E-state index in [1.165, 1.54) is 6.20 Å². The van der Waals surface area contributed by atoms with E-state index >= 15 is 0 Å². The van der Waals surface area contributed by atoms with Crippen LogP contribution in [0.3, 0.4) is 0 Å². The van der Waals surface area contributed by atoms with Crippen LogP contribution in [0.4, 0.5) is 19.0 Å². The molecule has 3 aromatic rings. The summed E-state index contributed by atoms with van der Waals surface area (Å²) in [5, 5.41) is 13.8. The molecule has 1 aliphatic rings. The van der Waals surface area contributed by atoms with Gasteiger partial charge in [0.05, 0.1) is 18.4 Å². The van der Waals surface area contributed by atoms with E-state index in [2.05, 4.69) is 20.8 Å². The van der Waals surface area contributed by atoms with Crippen molar-refractivity contribution in [3.63, 3.8) is 0 Å². The summed E-state index contributed by atoms with van der Waals surface area (Å²) in [5.41, 5.74) is 2.52. The van der Waals surface area contributed by atoms with E-state index in [1.54, 1.807) is 48.3 Å². The molecule has 0 spiro atoms. The SMILES string of the molecule is Cc1c(CNC(=O)c2cnn3c2N[C@H](c2ccccc2)C[C@H]3C(F)(F)F)cnn1C. The molecule has 3 heterocycles. The number of halogens is 3. The fourth-order valence-corrected chi connectivity index (χ4v) is 3.62. The third-order valence-corrected chi connectivity index (χ3v) is 5.46. The van der Waals surface area contributed by atoms with E-state index in [-0.39, 0.29) is 24.3 Å². The maximum atomic E-state index is 13.7. The van der Waals surface area contributed by atoms with Gasteiger partial charge in [0.15, 0.2) is 6.04 Å². The van der Waals surface area contributed by atoms with Crippen molar-refractivity contribution in [2.24, 2.45) is 7.05 Å². The summed E-state index contributed by atoms with van der Waals surface area (Å²) in [6.07, 6.45) is -1.87. The average molecular weight is 418 g/mol. The lowest BCUT2D eigenvalue weighted by Crippen LogP contribution is -2.36. The zero-order chi connectivity index (χ0) is 21.5. The number of benzene rings is 1. The van der Waals surface area contributed by atoms with Crippen molar-refractivity contribution in [1.29, 1.82) is 0 Å². The molecule has 10 heteroatoms. The topological polar surface area (TPSA) is 76.8 Å². The second kappa shape index (κ2) is 7.51. The highest BCUT2D eigenvalue weighted by atomic mass is 19.4. The van der Waals surface area contributed by atoms with Crippen molar-refractivity contribution in [2.45, 2.75) is 38.1 Å². The first-order valence-corrected chi connectivity index (χ1v) is 9.47. The van der Waals surface area contributed by atoms with Crippen molar-refractivity contribution < 1.29 is 18.0 Å². The van der Waals surface area contributed by atoms with Gasteiger partial charge in [-0.2, -0.15) is 23.4 Å². The predicted molar refractivity (Wildman–Crippen MR) is 104 cm³/mol. The van der Waals surface area contributed by atoms with E-state index in [0.29, 0.717) is 0 Å².